The van der Waals surface area contributed by atoms with Crippen molar-refractivity contribution in [3.8, 4) is 0 Å². The molecule has 3 heteroatoms. The molecule has 0 bridgehead atoms. The van der Waals surface area contributed by atoms with Crippen LogP contribution in [0.25, 0.3) is 0 Å². The normalized spacial score (nSPS) is 12.3. The van der Waals surface area contributed by atoms with Gasteiger partial charge in [-0.3, -0.25) is 0 Å². The van der Waals surface area contributed by atoms with Gasteiger partial charge in [-0.1, -0.05) is 41.7 Å². The highest BCUT2D eigenvalue weighted by Crippen LogP contribution is 2.20. The van der Waals surface area contributed by atoms with Crippen molar-refractivity contribution in [3.63, 3.8) is 0 Å². The molecule has 1 aromatic heterocycles. The monoisotopic (exact) mass is 260 g/mol. The zero-order valence-electron chi connectivity index (χ0n) is 10.8. The first kappa shape index (κ1) is 13.0. The zero-order chi connectivity index (χ0) is 13.0. The Morgan fingerprint density at radius 2 is 2.00 bits per heavy atom. The van der Waals surface area contributed by atoms with Crippen molar-refractivity contribution in [2.45, 2.75) is 32.7 Å². The fourth-order valence-electron chi connectivity index (χ4n) is 2.08. The second-order valence-corrected chi connectivity index (χ2v) is 5.59. The van der Waals surface area contributed by atoms with Crippen LogP contribution in [0.15, 0.2) is 35.8 Å². The molecule has 1 heterocycles. The number of hydrogen-bond acceptors (Lipinski definition) is 2. The molecule has 2 rings (SSSR count). The number of benzene rings is 1. The highest BCUT2D eigenvalue weighted by molar-refractivity contribution is 7.09. The van der Waals surface area contributed by atoms with E-state index < -0.39 is 0 Å². The Morgan fingerprint density at radius 1 is 1.28 bits per heavy atom. The maximum absolute atomic E-state index is 10.9. The van der Waals surface area contributed by atoms with Gasteiger partial charge in [-0.05, 0) is 12.5 Å². The van der Waals surface area contributed by atoms with Gasteiger partial charge in [-0.25, -0.2) is 0 Å². The molecule has 0 spiro atoms. The highest BCUT2D eigenvalue weighted by Gasteiger charge is 2.20. The quantitative estimate of drug-likeness (QED) is 0.598. The smallest absolute Gasteiger partial charge is 0.225 e. The van der Waals surface area contributed by atoms with Crippen molar-refractivity contribution in [2.75, 3.05) is 0 Å². The van der Waals surface area contributed by atoms with E-state index in [4.69, 9.17) is 0 Å². The van der Waals surface area contributed by atoms with Crippen LogP contribution in [-0.2, 0) is 11.3 Å². The summed E-state index contributed by atoms with van der Waals surface area (Å²) >= 11 is 1.76. The number of carbonyl (C=O) groups is 1. The SMILES string of the molecule is Cc1sc[n+](CC(CC=O)c2ccccc2)c1C. The molecule has 2 nitrogen and oxygen atoms in total. The van der Waals surface area contributed by atoms with Crippen LogP contribution in [0.1, 0.15) is 28.5 Å². The van der Waals surface area contributed by atoms with Gasteiger partial charge in [0.2, 0.25) is 5.51 Å². The van der Waals surface area contributed by atoms with Crippen LogP contribution in [0.3, 0.4) is 0 Å². The Morgan fingerprint density at radius 3 is 2.56 bits per heavy atom. The number of hydrogen-bond donors (Lipinski definition) is 0. The molecule has 1 unspecified atom stereocenters. The number of aryl methyl sites for hydroxylation is 1. The molecule has 0 aliphatic rings. The Kier molecular flexibility index (Phi) is 4.26. The maximum Gasteiger partial charge on any atom is 0.225 e. The number of thiazole rings is 1. The topological polar surface area (TPSA) is 20.9 Å². The summed E-state index contributed by atoms with van der Waals surface area (Å²) in [6.45, 7) is 5.14. The molecule has 94 valence electrons. The summed E-state index contributed by atoms with van der Waals surface area (Å²) in [6, 6.07) is 10.3. The van der Waals surface area contributed by atoms with E-state index in [9.17, 15) is 4.79 Å². The Balaban J connectivity index is 2.22. The summed E-state index contributed by atoms with van der Waals surface area (Å²) in [4.78, 5) is 12.2. The molecule has 1 aromatic carbocycles. The fourth-order valence-corrected chi connectivity index (χ4v) is 2.90. The summed E-state index contributed by atoms with van der Waals surface area (Å²) < 4.78 is 2.25. The Bertz CT molecular complexity index is 519. The summed E-state index contributed by atoms with van der Waals surface area (Å²) in [5.41, 5.74) is 4.68. The van der Waals surface area contributed by atoms with Crippen LogP contribution in [0.4, 0.5) is 0 Å². The molecule has 2 aromatic rings. The van der Waals surface area contributed by atoms with Gasteiger partial charge in [0, 0.05) is 19.3 Å². The van der Waals surface area contributed by atoms with Crippen molar-refractivity contribution in [2.24, 2.45) is 0 Å². The molecule has 0 saturated heterocycles. The fraction of sp³-hybridized carbons (Fsp3) is 0.333. The van der Waals surface area contributed by atoms with E-state index in [0.717, 1.165) is 12.8 Å². The second-order valence-electron chi connectivity index (χ2n) is 4.53. The van der Waals surface area contributed by atoms with Crippen molar-refractivity contribution in [3.05, 3.63) is 52.0 Å². The van der Waals surface area contributed by atoms with E-state index in [2.05, 4.69) is 36.1 Å². The zero-order valence-corrected chi connectivity index (χ0v) is 11.6. The Labute approximate surface area is 112 Å². The minimum Gasteiger partial charge on any atom is -0.303 e. The van der Waals surface area contributed by atoms with Crippen LogP contribution >= 0.6 is 11.3 Å². The number of aromatic nitrogens is 1. The van der Waals surface area contributed by atoms with Crippen LogP contribution < -0.4 is 4.57 Å². The lowest BCUT2D eigenvalue weighted by molar-refractivity contribution is -0.700. The van der Waals surface area contributed by atoms with Crippen LogP contribution in [0.5, 0.6) is 0 Å². The molecule has 0 fully saturated rings. The lowest BCUT2D eigenvalue weighted by Crippen LogP contribution is -2.37. The van der Waals surface area contributed by atoms with E-state index in [1.165, 1.54) is 16.1 Å². The molecule has 1 atom stereocenters. The van der Waals surface area contributed by atoms with Crippen LogP contribution in [0.2, 0.25) is 0 Å². The average molecular weight is 260 g/mol. The summed E-state index contributed by atoms with van der Waals surface area (Å²) in [5.74, 6) is 0.265. The molecule has 0 aliphatic heterocycles. The molecular formula is C15H18NOS+. The number of rotatable bonds is 5. The number of aldehydes is 1. The molecule has 0 amide bonds. The lowest BCUT2D eigenvalue weighted by atomic mass is 9.96. The highest BCUT2D eigenvalue weighted by atomic mass is 32.1. The van der Waals surface area contributed by atoms with Gasteiger partial charge in [0.05, 0.1) is 4.88 Å². The lowest BCUT2D eigenvalue weighted by Gasteiger charge is -2.10. The second kappa shape index (κ2) is 5.91. The minimum absolute atomic E-state index is 0.265. The van der Waals surface area contributed by atoms with Crippen molar-refractivity contribution in [1.29, 1.82) is 0 Å². The summed E-state index contributed by atoms with van der Waals surface area (Å²) in [7, 11) is 0. The first-order valence-corrected chi connectivity index (χ1v) is 7.03. The van der Waals surface area contributed by atoms with Crippen molar-refractivity contribution in [1.82, 2.24) is 0 Å². The van der Waals surface area contributed by atoms with E-state index in [-0.39, 0.29) is 5.92 Å². The van der Waals surface area contributed by atoms with Gasteiger partial charge in [0.25, 0.3) is 0 Å². The maximum atomic E-state index is 10.9. The largest absolute Gasteiger partial charge is 0.303 e. The molecule has 0 aliphatic carbocycles. The number of nitrogens with zero attached hydrogens (tertiary/aromatic N) is 1. The van der Waals surface area contributed by atoms with Gasteiger partial charge >= 0.3 is 0 Å². The van der Waals surface area contributed by atoms with Crippen LogP contribution in [0, 0.1) is 13.8 Å². The average Bonchev–Trinajstić information content (AvgIpc) is 2.71. The minimum atomic E-state index is 0.265. The molecule has 0 N–H and O–H groups in total. The predicted molar refractivity (Wildman–Crippen MR) is 73.9 cm³/mol. The molecule has 0 saturated carbocycles. The van der Waals surface area contributed by atoms with Crippen molar-refractivity contribution < 1.29 is 9.36 Å². The van der Waals surface area contributed by atoms with E-state index in [1.807, 2.05) is 18.2 Å². The molecule has 18 heavy (non-hydrogen) atoms. The van der Waals surface area contributed by atoms with Gasteiger partial charge in [0.15, 0.2) is 12.2 Å². The van der Waals surface area contributed by atoms with Gasteiger partial charge < -0.3 is 4.79 Å². The third-order valence-corrected chi connectivity index (χ3v) is 4.37. The van der Waals surface area contributed by atoms with E-state index >= 15 is 0 Å². The van der Waals surface area contributed by atoms with Crippen molar-refractivity contribution >= 4 is 17.6 Å². The first-order chi connectivity index (χ1) is 8.72. The van der Waals surface area contributed by atoms with E-state index in [1.54, 1.807) is 11.3 Å². The third kappa shape index (κ3) is 2.85. The molecule has 0 radical (unpaired) electrons. The molecular weight excluding hydrogens is 242 g/mol. The Hall–Kier alpha value is -1.48. The third-order valence-electron chi connectivity index (χ3n) is 3.37. The van der Waals surface area contributed by atoms with Crippen LogP contribution in [-0.4, -0.2) is 6.29 Å². The first-order valence-electron chi connectivity index (χ1n) is 6.15. The van der Waals surface area contributed by atoms with Gasteiger partial charge in [-0.2, -0.15) is 4.57 Å². The van der Waals surface area contributed by atoms with E-state index in [0.29, 0.717) is 6.42 Å². The van der Waals surface area contributed by atoms with Gasteiger partial charge in [-0.15, -0.1) is 0 Å². The summed E-state index contributed by atoms with van der Waals surface area (Å²) in [6.07, 6.45) is 1.60. The number of carbonyl (C=O) groups excluding carboxylic acids is 1. The standard InChI is InChI=1S/C15H18NOS/c1-12-13(2)18-11-16(12)10-15(8-9-17)14-6-4-3-5-7-14/h3-7,9,11,15H,8,10H2,1-2H3/q+1. The predicted octanol–water partition coefficient (Wildman–Crippen LogP) is 3.03. The van der Waals surface area contributed by atoms with Gasteiger partial charge in [0.1, 0.15) is 6.29 Å². The summed E-state index contributed by atoms with van der Waals surface area (Å²) in [5, 5.41) is 0.